The summed E-state index contributed by atoms with van der Waals surface area (Å²) in [4.78, 5) is 11.1. The zero-order valence-electron chi connectivity index (χ0n) is 9.09. The molecule has 0 radical (unpaired) electrons. The summed E-state index contributed by atoms with van der Waals surface area (Å²) in [7, 11) is 0. The Kier molecular flexibility index (Phi) is 2.94. The minimum Gasteiger partial charge on any atom is -0.478 e. The molecule has 0 atom stereocenters. The van der Waals surface area contributed by atoms with Gasteiger partial charge in [0.05, 0.1) is 5.56 Å². The summed E-state index contributed by atoms with van der Waals surface area (Å²) in [6.45, 7) is 7.87. The second-order valence-corrected chi connectivity index (χ2v) is 4.01. The van der Waals surface area contributed by atoms with Crippen molar-refractivity contribution < 1.29 is 9.90 Å². The van der Waals surface area contributed by atoms with E-state index in [4.69, 9.17) is 5.11 Å². The van der Waals surface area contributed by atoms with Crippen LogP contribution in [0.5, 0.6) is 0 Å². The van der Waals surface area contributed by atoms with Gasteiger partial charge < -0.3 is 5.11 Å². The number of benzene rings is 1. The molecule has 0 bridgehead atoms. The number of hydrogen-bond acceptors (Lipinski definition) is 1. The summed E-state index contributed by atoms with van der Waals surface area (Å²) >= 11 is 0. The zero-order chi connectivity index (χ0) is 10.9. The van der Waals surface area contributed by atoms with Crippen molar-refractivity contribution in [2.45, 2.75) is 33.6 Å². The Bertz CT molecular complexity index is 365. The van der Waals surface area contributed by atoms with E-state index in [0.29, 0.717) is 5.56 Å². The molecule has 1 aromatic rings. The summed E-state index contributed by atoms with van der Waals surface area (Å²) in [5, 5.41) is 9.09. The molecular formula is C12H16O2. The highest BCUT2D eigenvalue weighted by Crippen LogP contribution is 2.24. The highest BCUT2D eigenvalue weighted by atomic mass is 16.4. The fraction of sp³-hybridized carbons (Fsp3) is 0.417. The predicted octanol–water partition coefficient (Wildman–Crippen LogP) is 3.13. The van der Waals surface area contributed by atoms with Crippen LogP contribution in [0.15, 0.2) is 12.1 Å². The van der Waals surface area contributed by atoms with Crippen molar-refractivity contribution in [2.24, 2.45) is 0 Å². The van der Waals surface area contributed by atoms with E-state index in [2.05, 4.69) is 0 Å². The van der Waals surface area contributed by atoms with Crippen molar-refractivity contribution in [1.29, 1.82) is 0 Å². The Balaban J connectivity index is 3.44. The molecule has 0 aliphatic heterocycles. The van der Waals surface area contributed by atoms with Gasteiger partial charge in [-0.05, 0) is 30.9 Å². The Morgan fingerprint density at radius 2 is 1.86 bits per heavy atom. The van der Waals surface area contributed by atoms with Gasteiger partial charge in [0.25, 0.3) is 0 Å². The fourth-order valence-electron chi connectivity index (χ4n) is 1.75. The van der Waals surface area contributed by atoms with E-state index in [1.54, 1.807) is 0 Å². The number of aromatic carboxylic acids is 1. The maximum atomic E-state index is 11.1. The molecule has 0 unspecified atom stereocenters. The zero-order valence-corrected chi connectivity index (χ0v) is 9.09. The minimum atomic E-state index is -0.828. The van der Waals surface area contributed by atoms with Gasteiger partial charge in [-0.25, -0.2) is 4.79 Å². The number of carboxylic acid groups (broad SMARTS) is 1. The standard InChI is InChI=1S/C12H16O2/c1-7(2)10-6-8(3)5-9(4)11(10)12(13)14/h5-7H,1-4H3,(H,13,14). The highest BCUT2D eigenvalue weighted by Gasteiger charge is 2.15. The number of carboxylic acids is 1. The predicted molar refractivity (Wildman–Crippen MR) is 57.0 cm³/mol. The Morgan fingerprint density at radius 3 is 2.29 bits per heavy atom. The third kappa shape index (κ3) is 1.95. The number of aryl methyl sites for hydroxylation is 2. The Hall–Kier alpha value is -1.31. The van der Waals surface area contributed by atoms with Gasteiger partial charge in [0.15, 0.2) is 0 Å². The Morgan fingerprint density at radius 1 is 1.29 bits per heavy atom. The first-order chi connectivity index (χ1) is 6.43. The van der Waals surface area contributed by atoms with Crippen LogP contribution in [0.1, 0.15) is 46.8 Å². The Labute approximate surface area is 84.6 Å². The molecule has 0 amide bonds. The molecule has 1 rings (SSSR count). The molecule has 1 aromatic carbocycles. The topological polar surface area (TPSA) is 37.3 Å². The normalized spacial score (nSPS) is 10.6. The summed E-state index contributed by atoms with van der Waals surface area (Å²) < 4.78 is 0. The van der Waals surface area contributed by atoms with E-state index in [1.165, 1.54) is 0 Å². The molecule has 0 saturated heterocycles. The lowest BCUT2D eigenvalue weighted by atomic mass is 9.92. The number of carbonyl (C=O) groups is 1. The lowest BCUT2D eigenvalue weighted by Crippen LogP contribution is -2.07. The van der Waals surface area contributed by atoms with Crippen molar-refractivity contribution in [3.63, 3.8) is 0 Å². The lowest BCUT2D eigenvalue weighted by Gasteiger charge is -2.13. The van der Waals surface area contributed by atoms with Crippen molar-refractivity contribution in [2.75, 3.05) is 0 Å². The average Bonchev–Trinajstić information content (AvgIpc) is 2.01. The van der Waals surface area contributed by atoms with Gasteiger partial charge in [0, 0.05) is 0 Å². The fourth-order valence-corrected chi connectivity index (χ4v) is 1.75. The van der Waals surface area contributed by atoms with Gasteiger partial charge in [0.1, 0.15) is 0 Å². The second-order valence-electron chi connectivity index (χ2n) is 4.01. The first-order valence-electron chi connectivity index (χ1n) is 4.78. The SMILES string of the molecule is Cc1cc(C)c(C(=O)O)c(C(C)C)c1. The van der Waals surface area contributed by atoms with Crippen LogP contribution in [0.2, 0.25) is 0 Å². The third-order valence-electron chi connectivity index (χ3n) is 2.35. The van der Waals surface area contributed by atoms with Crippen LogP contribution in [0.25, 0.3) is 0 Å². The van der Waals surface area contributed by atoms with Crippen LogP contribution < -0.4 is 0 Å². The van der Waals surface area contributed by atoms with Gasteiger partial charge in [-0.1, -0.05) is 31.5 Å². The summed E-state index contributed by atoms with van der Waals surface area (Å²) in [5.41, 5.74) is 3.36. The third-order valence-corrected chi connectivity index (χ3v) is 2.35. The van der Waals surface area contributed by atoms with Gasteiger partial charge in [-0.15, -0.1) is 0 Å². The largest absolute Gasteiger partial charge is 0.478 e. The second kappa shape index (κ2) is 3.82. The van der Waals surface area contributed by atoms with E-state index in [-0.39, 0.29) is 5.92 Å². The number of hydrogen-bond donors (Lipinski definition) is 1. The van der Waals surface area contributed by atoms with Crippen LogP contribution in [-0.4, -0.2) is 11.1 Å². The van der Waals surface area contributed by atoms with Crippen LogP contribution in [-0.2, 0) is 0 Å². The summed E-state index contributed by atoms with van der Waals surface area (Å²) in [6.07, 6.45) is 0. The molecule has 0 saturated carbocycles. The average molecular weight is 192 g/mol. The molecule has 0 fully saturated rings. The molecule has 14 heavy (non-hydrogen) atoms. The van der Waals surface area contributed by atoms with Gasteiger partial charge >= 0.3 is 5.97 Å². The van der Waals surface area contributed by atoms with E-state index in [1.807, 2.05) is 39.8 Å². The van der Waals surface area contributed by atoms with Crippen molar-refractivity contribution in [1.82, 2.24) is 0 Å². The van der Waals surface area contributed by atoms with Gasteiger partial charge in [0.2, 0.25) is 0 Å². The van der Waals surface area contributed by atoms with Crippen molar-refractivity contribution in [3.8, 4) is 0 Å². The summed E-state index contributed by atoms with van der Waals surface area (Å²) in [5.74, 6) is -0.578. The maximum absolute atomic E-state index is 11.1. The number of rotatable bonds is 2. The van der Waals surface area contributed by atoms with Crippen LogP contribution in [0, 0.1) is 13.8 Å². The van der Waals surface area contributed by atoms with Gasteiger partial charge in [-0.3, -0.25) is 0 Å². The smallest absolute Gasteiger partial charge is 0.336 e. The van der Waals surface area contributed by atoms with Crippen LogP contribution >= 0.6 is 0 Å². The van der Waals surface area contributed by atoms with Crippen molar-refractivity contribution in [3.05, 3.63) is 34.4 Å². The van der Waals surface area contributed by atoms with E-state index >= 15 is 0 Å². The molecule has 0 heterocycles. The maximum Gasteiger partial charge on any atom is 0.336 e. The molecule has 0 aliphatic rings. The molecule has 2 heteroatoms. The first kappa shape index (κ1) is 10.8. The van der Waals surface area contributed by atoms with Gasteiger partial charge in [-0.2, -0.15) is 0 Å². The van der Waals surface area contributed by atoms with Crippen molar-refractivity contribution >= 4 is 5.97 Å². The van der Waals surface area contributed by atoms with E-state index in [0.717, 1.165) is 16.7 Å². The monoisotopic (exact) mass is 192 g/mol. The molecule has 1 N–H and O–H groups in total. The molecule has 0 spiro atoms. The summed E-state index contributed by atoms with van der Waals surface area (Å²) in [6, 6.07) is 3.87. The molecule has 2 nitrogen and oxygen atoms in total. The lowest BCUT2D eigenvalue weighted by molar-refractivity contribution is 0.0694. The molecule has 76 valence electrons. The molecular weight excluding hydrogens is 176 g/mol. The van der Waals surface area contributed by atoms with E-state index < -0.39 is 5.97 Å². The van der Waals surface area contributed by atoms with Crippen LogP contribution in [0.4, 0.5) is 0 Å². The van der Waals surface area contributed by atoms with Crippen LogP contribution in [0.3, 0.4) is 0 Å². The minimum absolute atomic E-state index is 0.250. The quantitative estimate of drug-likeness (QED) is 0.781. The van der Waals surface area contributed by atoms with E-state index in [9.17, 15) is 4.79 Å². The molecule has 0 aromatic heterocycles. The molecule has 0 aliphatic carbocycles. The highest BCUT2D eigenvalue weighted by molar-refractivity contribution is 5.91. The first-order valence-corrected chi connectivity index (χ1v) is 4.78.